The molecule has 0 radical (unpaired) electrons. The number of aromatic amines is 1. The molecule has 0 amide bonds. The van der Waals surface area contributed by atoms with Gasteiger partial charge in [0.1, 0.15) is 6.04 Å². The lowest BCUT2D eigenvalue weighted by Gasteiger charge is -2.46. The van der Waals surface area contributed by atoms with Gasteiger partial charge in [0.25, 0.3) is 0 Å². The van der Waals surface area contributed by atoms with E-state index in [1.807, 2.05) is 30.5 Å². The molecule has 158 valence electrons. The van der Waals surface area contributed by atoms with Gasteiger partial charge in [0.05, 0.1) is 0 Å². The Morgan fingerprint density at radius 3 is 2.47 bits per heavy atom. The second kappa shape index (κ2) is 8.62. The minimum Gasteiger partial charge on any atom is -0.480 e. The Hall–Kier alpha value is -2.63. The third-order valence-corrected chi connectivity index (χ3v) is 6.81. The summed E-state index contributed by atoms with van der Waals surface area (Å²) in [6, 6.07) is 18.4. The van der Waals surface area contributed by atoms with Gasteiger partial charge < -0.3 is 15.4 Å². The molecule has 30 heavy (non-hydrogen) atoms. The SMILES string of the molecule is CN(C)C1(c2ccccc2)CCC(N[C@@H](Cc2c[nH]c3ccccc23)C(=O)O)CC1. The number of nitrogens with zero attached hydrogens (tertiary/aromatic N) is 1. The summed E-state index contributed by atoms with van der Waals surface area (Å²) in [6.45, 7) is 0. The number of aromatic nitrogens is 1. The molecule has 1 atom stereocenters. The number of fused-ring (bicyclic) bond motifs is 1. The molecule has 3 aromatic rings. The molecular weight excluding hydrogens is 374 g/mol. The Bertz CT molecular complexity index is 988. The number of H-pyrrole nitrogens is 1. The van der Waals surface area contributed by atoms with Crippen molar-refractivity contribution in [2.45, 2.75) is 49.7 Å². The van der Waals surface area contributed by atoms with Gasteiger partial charge in [-0.25, -0.2) is 0 Å². The van der Waals surface area contributed by atoms with Crippen LogP contribution in [0.1, 0.15) is 36.8 Å². The van der Waals surface area contributed by atoms with Crippen LogP contribution in [0.4, 0.5) is 0 Å². The van der Waals surface area contributed by atoms with Crippen LogP contribution in [0.3, 0.4) is 0 Å². The maximum absolute atomic E-state index is 12.0. The van der Waals surface area contributed by atoms with E-state index in [9.17, 15) is 9.90 Å². The second-order valence-corrected chi connectivity index (χ2v) is 8.69. The first-order valence-corrected chi connectivity index (χ1v) is 10.8. The van der Waals surface area contributed by atoms with Gasteiger partial charge in [-0.3, -0.25) is 9.69 Å². The molecular formula is C25H31N3O2. The fourth-order valence-corrected chi connectivity index (χ4v) is 5.03. The predicted molar refractivity (Wildman–Crippen MR) is 121 cm³/mol. The van der Waals surface area contributed by atoms with Crippen LogP contribution in [0.25, 0.3) is 10.9 Å². The third-order valence-electron chi connectivity index (χ3n) is 6.81. The zero-order valence-corrected chi connectivity index (χ0v) is 17.8. The fraction of sp³-hybridized carbons (Fsp3) is 0.400. The summed E-state index contributed by atoms with van der Waals surface area (Å²) >= 11 is 0. The Morgan fingerprint density at radius 1 is 1.13 bits per heavy atom. The lowest BCUT2D eigenvalue weighted by molar-refractivity contribution is -0.139. The van der Waals surface area contributed by atoms with Gasteiger partial charge in [-0.05, 0) is 57.0 Å². The summed E-state index contributed by atoms with van der Waals surface area (Å²) in [6.07, 6.45) is 6.38. The van der Waals surface area contributed by atoms with E-state index in [4.69, 9.17) is 0 Å². The van der Waals surface area contributed by atoms with Crippen molar-refractivity contribution in [3.63, 3.8) is 0 Å². The maximum atomic E-state index is 12.0. The number of hydrogen-bond acceptors (Lipinski definition) is 3. The zero-order valence-electron chi connectivity index (χ0n) is 17.8. The minimum atomic E-state index is -0.784. The van der Waals surface area contributed by atoms with Crippen LogP contribution in [0.2, 0.25) is 0 Å². The van der Waals surface area contributed by atoms with Gasteiger partial charge in [-0.2, -0.15) is 0 Å². The van der Waals surface area contributed by atoms with Crippen molar-refractivity contribution in [2.75, 3.05) is 14.1 Å². The van der Waals surface area contributed by atoms with Crippen LogP contribution in [0, 0.1) is 0 Å². The zero-order chi connectivity index (χ0) is 21.1. The molecule has 1 aliphatic carbocycles. The van der Waals surface area contributed by atoms with Gasteiger partial charge in [0.2, 0.25) is 0 Å². The van der Waals surface area contributed by atoms with E-state index in [-0.39, 0.29) is 11.6 Å². The summed E-state index contributed by atoms with van der Waals surface area (Å²) < 4.78 is 0. The molecule has 5 nitrogen and oxygen atoms in total. The molecule has 2 aromatic carbocycles. The first-order chi connectivity index (χ1) is 14.5. The van der Waals surface area contributed by atoms with E-state index in [1.165, 1.54) is 5.56 Å². The van der Waals surface area contributed by atoms with Crippen molar-refractivity contribution >= 4 is 16.9 Å². The number of carbonyl (C=O) groups is 1. The van der Waals surface area contributed by atoms with Crippen molar-refractivity contribution in [2.24, 2.45) is 0 Å². The summed E-state index contributed by atoms with van der Waals surface area (Å²) in [7, 11) is 4.30. The molecule has 1 aromatic heterocycles. The quantitative estimate of drug-likeness (QED) is 0.552. The highest BCUT2D eigenvalue weighted by Gasteiger charge is 2.39. The van der Waals surface area contributed by atoms with Crippen molar-refractivity contribution in [1.82, 2.24) is 15.2 Å². The van der Waals surface area contributed by atoms with Crippen LogP contribution in [-0.4, -0.2) is 47.1 Å². The first kappa shape index (κ1) is 20.6. The molecule has 0 spiro atoms. The summed E-state index contributed by atoms with van der Waals surface area (Å²) in [5, 5.41) is 14.4. The smallest absolute Gasteiger partial charge is 0.321 e. The molecule has 3 N–H and O–H groups in total. The van der Waals surface area contributed by atoms with Crippen molar-refractivity contribution in [3.05, 3.63) is 71.9 Å². The molecule has 0 bridgehead atoms. The van der Waals surface area contributed by atoms with Crippen LogP contribution in [0.5, 0.6) is 0 Å². The van der Waals surface area contributed by atoms with E-state index in [0.29, 0.717) is 6.42 Å². The number of carboxylic acid groups (broad SMARTS) is 1. The summed E-state index contributed by atoms with van der Waals surface area (Å²) in [4.78, 5) is 17.6. The van der Waals surface area contributed by atoms with Crippen LogP contribution in [0.15, 0.2) is 60.8 Å². The van der Waals surface area contributed by atoms with Gasteiger partial charge in [0.15, 0.2) is 0 Å². The van der Waals surface area contributed by atoms with Crippen LogP contribution in [-0.2, 0) is 16.8 Å². The van der Waals surface area contributed by atoms with E-state index < -0.39 is 12.0 Å². The van der Waals surface area contributed by atoms with E-state index in [1.54, 1.807) is 0 Å². The van der Waals surface area contributed by atoms with Crippen LogP contribution >= 0.6 is 0 Å². The Balaban J connectivity index is 1.45. The van der Waals surface area contributed by atoms with Gasteiger partial charge in [-0.15, -0.1) is 0 Å². The molecule has 5 heteroatoms. The standard InChI is InChI=1S/C25H31N3O2/c1-28(2)25(19-8-4-3-5-9-19)14-12-20(13-15-25)27-23(24(29)30)16-18-17-26-22-11-7-6-10-21(18)22/h3-11,17,20,23,26-27H,12-16H2,1-2H3,(H,29,30)/t20?,23-,25?/m0/s1. The third kappa shape index (κ3) is 4.00. The molecule has 1 saturated carbocycles. The van der Waals surface area contributed by atoms with Crippen molar-refractivity contribution in [3.8, 4) is 0 Å². The number of para-hydroxylation sites is 1. The Labute approximate surface area is 178 Å². The first-order valence-electron chi connectivity index (χ1n) is 10.8. The van der Waals surface area contributed by atoms with E-state index in [2.05, 4.69) is 59.6 Å². The number of aliphatic carboxylic acids is 1. The van der Waals surface area contributed by atoms with Gasteiger partial charge in [-0.1, -0.05) is 48.5 Å². The number of rotatable bonds is 7. The minimum absolute atomic E-state index is 0.0228. The number of nitrogens with one attached hydrogen (secondary N) is 2. The van der Waals surface area contributed by atoms with Gasteiger partial charge in [0, 0.05) is 35.1 Å². The van der Waals surface area contributed by atoms with E-state index >= 15 is 0 Å². The average molecular weight is 406 g/mol. The molecule has 0 unspecified atom stereocenters. The predicted octanol–water partition coefficient (Wildman–Crippen LogP) is 4.15. The van der Waals surface area contributed by atoms with Gasteiger partial charge >= 0.3 is 5.97 Å². The maximum Gasteiger partial charge on any atom is 0.321 e. The number of carboxylic acids is 1. The second-order valence-electron chi connectivity index (χ2n) is 8.69. The monoisotopic (exact) mass is 405 g/mol. The topological polar surface area (TPSA) is 68.4 Å². The molecule has 1 aliphatic rings. The summed E-state index contributed by atoms with van der Waals surface area (Å²) in [5.74, 6) is -0.784. The highest BCUT2D eigenvalue weighted by molar-refractivity contribution is 5.84. The highest BCUT2D eigenvalue weighted by Crippen LogP contribution is 2.41. The highest BCUT2D eigenvalue weighted by atomic mass is 16.4. The number of hydrogen-bond donors (Lipinski definition) is 3. The Kier molecular flexibility index (Phi) is 5.93. The van der Waals surface area contributed by atoms with E-state index in [0.717, 1.165) is 42.1 Å². The summed E-state index contributed by atoms with van der Waals surface area (Å²) in [5.41, 5.74) is 3.47. The number of benzene rings is 2. The molecule has 1 heterocycles. The lowest BCUT2D eigenvalue weighted by Crippen LogP contribution is -2.51. The normalized spacial score (nSPS) is 23.0. The molecule has 4 rings (SSSR count). The largest absolute Gasteiger partial charge is 0.480 e. The fourth-order valence-electron chi connectivity index (χ4n) is 5.03. The van der Waals surface area contributed by atoms with Crippen molar-refractivity contribution < 1.29 is 9.90 Å². The van der Waals surface area contributed by atoms with Crippen molar-refractivity contribution in [1.29, 1.82) is 0 Å². The van der Waals surface area contributed by atoms with Crippen LogP contribution < -0.4 is 5.32 Å². The molecule has 0 saturated heterocycles. The Morgan fingerprint density at radius 2 is 1.80 bits per heavy atom. The molecule has 0 aliphatic heterocycles. The lowest BCUT2D eigenvalue weighted by atomic mass is 9.74. The average Bonchev–Trinajstić information content (AvgIpc) is 3.17. The molecule has 1 fully saturated rings.